The molecule has 3 nitrogen and oxygen atoms in total. The summed E-state index contributed by atoms with van der Waals surface area (Å²) in [5, 5.41) is 0. The van der Waals surface area contributed by atoms with Gasteiger partial charge in [0.05, 0.1) is 6.67 Å². The van der Waals surface area contributed by atoms with Crippen LogP contribution in [0.3, 0.4) is 0 Å². The summed E-state index contributed by atoms with van der Waals surface area (Å²) in [6.07, 6.45) is 4.58. The number of carbonyl (C=O) groups excluding carboxylic acids is 1. The van der Waals surface area contributed by atoms with E-state index < -0.39 is 0 Å². The third kappa shape index (κ3) is 3.55. The van der Waals surface area contributed by atoms with E-state index in [4.69, 9.17) is 0 Å². The van der Waals surface area contributed by atoms with Crippen LogP contribution in [0.1, 0.15) is 13.3 Å². The fourth-order valence-electron chi connectivity index (χ4n) is 2.28. The van der Waals surface area contributed by atoms with Gasteiger partial charge in [0.1, 0.15) is 0 Å². The Hall–Kier alpha value is -1.87. The van der Waals surface area contributed by atoms with Crippen LogP contribution in [-0.4, -0.2) is 30.6 Å². The molecule has 1 fully saturated rings. The van der Waals surface area contributed by atoms with Crippen molar-refractivity contribution in [1.29, 1.82) is 0 Å². The van der Waals surface area contributed by atoms with Crippen LogP contribution >= 0.6 is 0 Å². The molecule has 0 unspecified atom stereocenters. The van der Waals surface area contributed by atoms with E-state index in [-0.39, 0.29) is 5.91 Å². The fourth-order valence-corrected chi connectivity index (χ4v) is 2.28. The molecule has 0 saturated carbocycles. The maximum Gasteiger partial charge on any atom is 0.229 e. The smallest absolute Gasteiger partial charge is 0.229 e. The maximum atomic E-state index is 12.0. The molecule has 1 aromatic rings. The van der Waals surface area contributed by atoms with Gasteiger partial charge in [0.15, 0.2) is 0 Å². The van der Waals surface area contributed by atoms with Gasteiger partial charge < -0.3 is 0 Å². The predicted molar refractivity (Wildman–Crippen MR) is 78.9 cm³/mol. The van der Waals surface area contributed by atoms with E-state index in [1.54, 1.807) is 0 Å². The Kier molecular flexibility index (Phi) is 4.53. The van der Waals surface area contributed by atoms with Crippen LogP contribution in [0.15, 0.2) is 54.6 Å². The van der Waals surface area contributed by atoms with Crippen LogP contribution in [0, 0.1) is 0 Å². The Balaban J connectivity index is 2.04. The molecule has 0 radical (unpaired) electrons. The molecule has 0 atom stereocenters. The second-order valence-electron chi connectivity index (χ2n) is 4.76. The summed E-state index contributed by atoms with van der Waals surface area (Å²) >= 11 is 0. The lowest BCUT2D eigenvalue weighted by Crippen LogP contribution is -2.48. The quantitative estimate of drug-likeness (QED) is 0.773. The summed E-state index contributed by atoms with van der Waals surface area (Å²) in [4.78, 5) is 16.1. The van der Waals surface area contributed by atoms with Crippen LogP contribution in [0.2, 0.25) is 0 Å². The third-order valence-electron chi connectivity index (χ3n) is 3.18. The molecule has 1 amide bonds. The van der Waals surface area contributed by atoms with Crippen molar-refractivity contribution >= 4 is 11.6 Å². The number of para-hydroxylation sites is 1. The second kappa shape index (κ2) is 6.34. The summed E-state index contributed by atoms with van der Waals surface area (Å²) in [6.45, 7) is 8.26. The van der Waals surface area contributed by atoms with Crippen molar-refractivity contribution in [3.63, 3.8) is 0 Å². The second-order valence-corrected chi connectivity index (χ2v) is 4.76. The van der Waals surface area contributed by atoms with E-state index in [2.05, 4.69) is 11.5 Å². The van der Waals surface area contributed by atoms with Gasteiger partial charge in [0.25, 0.3) is 0 Å². The van der Waals surface area contributed by atoms with Crippen molar-refractivity contribution in [1.82, 2.24) is 4.90 Å². The monoisotopic (exact) mass is 256 g/mol. The Morgan fingerprint density at radius 2 is 2.11 bits per heavy atom. The molecular formula is C16H20N2O. The number of amides is 1. The number of benzene rings is 1. The summed E-state index contributed by atoms with van der Waals surface area (Å²) in [5.74, 6) is 0.194. The highest BCUT2D eigenvalue weighted by molar-refractivity contribution is 5.94. The van der Waals surface area contributed by atoms with Gasteiger partial charge in [-0.05, 0) is 24.6 Å². The molecule has 1 heterocycles. The van der Waals surface area contributed by atoms with Gasteiger partial charge in [-0.25, -0.2) is 0 Å². The highest BCUT2D eigenvalue weighted by atomic mass is 16.2. The predicted octanol–water partition coefficient (Wildman–Crippen LogP) is 2.82. The first-order chi connectivity index (χ1) is 9.20. The SMILES string of the molecule is C=C(/C=C\C)CN1CCC(=O)N(c2ccccc2)C1. The highest BCUT2D eigenvalue weighted by Gasteiger charge is 2.24. The average Bonchev–Trinajstić information content (AvgIpc) is 2.42. The number of rotatable bonds is 4. The van der Waals surface area contributed by atoms with Crippen LogP contribution in [0.5, 0.6) is 0 Å². The molecule has 0 N–H and O–H groups in total. The van der Waals surface area contributed by atoms with Gasteiger partial charge in [-0.1, -0.05) is 36.9 Å². The minimum absolute atomic E-state index is 0.194. The van der Waals surface area contributed by atoms with Crippen LogP contribution in [0.25, 0.3) is 0 Å². The molecule has 19 heavy (non-hydrogen) atoms. The molecule has 1 aliphatic rings. The zero-order valence-corrected chi connectivity index (χ0v) is 11.4. The van der Waals surface area contributed by atoms with Crippen molar-refractivity contribution in [3.8, 4) is 0 Å². The van der Waals surface area contributed by atoms with E-state index in [1.165, 1.54) is 0 Å². The molecular weight excluding hydrogens is 236 g/mol. The fraction of sp³-hybridized carbons (Fsp3) is 0.312. The lowest BCUT2D eigenvalue weighted by Gasteiger charge is -2.35. The van der Waals surface area contributed by atoms with E-state index in [1.807, 2.05) is 54.3 Å². The molecule has 0 aliphatic carbocycles. The normalized spacial score (nSPS) is 17.1. The molecule has 1 aliphatic heterocycles. The Morgan fingerprint density at radius 1 is 1.37 bits per heavy atom. The lowest BCUT2D eigenvalue weighted by molar-refractivity contribution is -0.121. The van der Waals surface area contributed by atoms with Crippen molar-refractivity contribution < 1.29 is 4.79 Å². The van der Waals surface area contributed by atoms with Crippen molar-refractivity contribution in [2.75, 3.05) is 24.7 Å². The standard InChI is InChI=1S/C16H20N2O/c1-3-7-14(2)12-17-11-10-16(19)18(13-17)15-8-5-4-6-9-15/h3-9H,2,10-13H2,1H3/b7-3-. The average molecular weight is 256 g/mol. The van der Waals surface area contributed by atoms with E-state index in [0.717, 1.165) is 24.4 Å². The van der Waals surface area contributed by atoms with Crippen LogP contribution < -0.4 is 4.90 Å². The third-order valence-corrected chi connectivity index (χ3v) is 3.18. The first kappa shape index (κ1) is 13.6. The van der Waals surface area contributed by atoms with Gasteiger partial charge in [0, 0.05) is 25.2 Å². The number of hydrogen-bond donors (Lipinski definition) is 0. The summed E-state index contributed by atoms with van der Waals surface area (Å²) in [6, 6.07) is 9.83. The maximum absolute atomic E-state index is 12.0. The number of hydrogen-bond acceptors (Lipinski definition) is 2. The zero-order chi connectivity index (χ0) is 13.7. The lowest BCUT2D eigenvalue weighted by atomic mass is 10.2. The van der Waals surface area contributed by atoms with Gasteiger partial charge in [-0.3, -0.25) is 14.6 Å². The minimum Gasteiger partial charge on any atom is -0.299 e. The van der Waals surface area contributed by atoms with Gasteiger partial charge in [-0.15, -0.1) is 0 Å². The van der Waals surface area contributed by atoms with Crippen molar-refractivity contribution in [2.45, 2.75) is 13.3 Å². The number of allylic oxidation sites excluding steroid dienone is 1. The van der Waals surface area contributed by atoms with Crippen molar-refractivity contribution in [3.05, 3.63) is 54.6 Å². The summed E-state index contributed by atoms with van der Waals surface area (Å²) in [5.41, 5.74) is 2.04. The van der Waals surface area contributed by atoms with Gasteiger partial charge in [-0.2, -0.15) is 0 Å². The largest absolute Gasteiger partial charge is 0.299 e. The highest BCUT2D eigenvalue weighted by Crippen LogP contribution is 2.19. The van der Waals surface area contributed by atoms with Gasteiger partial charge in [0.2, 0.25) is 5.91 Å². The molecule has 3 heteroatoms. The first-order valence-corrected chi connectivity index (χ1v) is 6.59. The molecule has 1 aromatic carbocycles. The van der Waals surface area contributed by atoms with E-state index >= 15 is 0 Å². The van der Waals surface area contributed by atoms with Crippen LogP contribution in [-0.2, 0) is 4.79 Å². The van der Waals surface area contributed by atoms with E-state index in [9.17, 15) is 4.79 Å². The summed E-state index contributed by atoms with van der Waals surface area (Å²) < 4.78 is 0. The summed E-state index contributed by atoms with van der Waals surface area (Å²) in [7, 11) is 0. The van der Waals surface area contributed by atoms with E-state index in [0.29, 0.717) is 13.1 Å². The molecule has 1 saturated heterocycles. The van der Waals surface area contributed by atoms with Crippen LogP contribution in [0.4, 0.5) is 5.69 Å². The topological polar surface area (TPSA) is 23.6 Å². The molecule has 2 rings (SSSR count). The minimum atomic E-state index is 0.194. The molecule has 0 bridgehead atoms. The molecule has 100 valence electrons. The van der Waals surface area contributed by atoms with Gasteiger partial charge >= 0.3 is 0 Å². The van der Waals surface area contributed by atoms with Crippen molar-refractivity contribution in [2.24, 2.45) is 0 Å². The first-order valence-electron chi connectivity index (χ1n) is 6.59. The molecule has 0 aromatic heterocycles. The Morgan fingerprint density at radius 3 is 2.79 bits per heavy atom. The number of anilines is 1. The number of nitrogens with zero attached hydrogens (tertiary/aromatic N) is 2. The Bertz CT molecular complexity index is 479. The Labute approximate surface area is 114 Å². The molecule has 0 spiro atoms. The number of carbonyl (C=O) groups is 1. The zero-order valence-electron chi connectivity index (χ0n) is 11.4.